The zero-order valence-electron chi connectivity index (χ0n) is 10.6. The van der Waals surface area contributed by atoms with Gasteiger partial charge in [0.05, 0.1) is 11.0 Å². The van der Waals surface area contributed by atoms with Crippen LogP contribution in [-0.4, -0.2) is 10.2 Å². The topological polar surface area (TPSA) is 4.93 Å². The van der Waals surface area contributed by atoms with Crippen LogP contribution < -0.4 is 0 Å². The van der Waals surface area contributed by atoms with Crippen LogP contribution in [0.2, 0.25) is 0 Å². The van der Waals surface area contributed by atoms with Gasteiger partial charge >= 0.3 is 0 Å². The standard InChI is InChI=1S/C17H13NS/c1-19-18-16-9-5-4-8-14(16)15-11-10-12-6-2-3-7-13(12)17(15)18/h2-11H,1H3. The van der Waals surface area contributed by atoms with Crippen molar-refractivity contribution in [2.75, 3.05) is 6.26 Å². The second-order valence-corrected chi connectivity index (χ2v) is 5.41. The smallest absolute Gasteiger partial charge is 0.0682 e. The average Bonchev–Trinajstić information content (AvgIpc) is 2.81. The summed E-state index contributed by atoms with van der Waals surface area (Å²) in [5, 5.41) is 5.29. The fraction of sp³-hybridized carbons (Fsp3) is 0.0588. The second kappa shape index (κ2) is 4.04. The largest absolute Gasteiger partial charge is 0.283 e. The predicted molar refractivity (Wildman–Crippen MR) is 85.9 cm³/mol. The van der Waals surface area contributed by atoms with E-state index in [-0.39, 0.29) is 0 Å². The Kier molecular flexibility index (Phi) is 2.32. The van der Waals surface area contributed by atoms with E-state index in [1.807, 2.05) is 0 Å². The van der Waals surface area contributed by atoms with Crippen molar-refractivity contribution in [3.8, 4) is 0 Å². The van der Waals surface area contributed by atoms with Gasteiger partial charge in [0.15, 0.2) is 0 Å². The molecule has 1 nitrogen and oxygen atoms in total. The molecule has 0 aliphatic rings. The first-order chi connectivity index (χ1) is 9.40. The van der Waals surface area contributed by atoms with Crippen LogP contribution in [0, 0.1) is 0 Å². The molecule has 0 spiro atoms. The number of para-hydroxylation sites is 1. The normalized spacial score (nSPS) is 11.6. The monoisotopic (exact) mass is 263 g/mol. The minimum absolute atomic E-state index is 1.29. The lowest BCUT2D eigenvalue weighted by Crippen LogP contribution is -1.85. The SMILES string of the molecule is CSn1c2ccccc2c2ccc3ccccc3c21. The maximum atomic E-state index is 2.34. The van der Waals surface area contributed by atoms with Gasteiger partial charge in [-0.25, -0.2) is 0 Å². The van der Waals surface area contributed by atoms with Crippen LogP contribution in [0.3, 0.4) is 0 Å². The summed E-state index contributed by atoms with van der Waals surface area (Å²) in [6, 6.07) is 21.7. The molecule has 4 rings (SSSR count). The van der Waals surface area contributed by atoms with Crippen molar-refractivity contribution in [2.24, 2.45) is 0 Å². The van der Waals surface area contributed by atoms with Gasteiger partial charge in [-0.2, -0.15) is 0 Å². The first-order valence-electron chi connectivity index (χ1n) is 6.35. The molecule has 0 aliphatic heterocycles. The number of aromatic nitrogens is 1. The number of rotatable bonds is 1. The van der Waals surface area contributed by atoms with Crippen LogP contribution in [-0.2, 0) is 0 Å². The molecule has 0 radical (unpaired) electrons. The number of hydrogen-bond acceptors (Lipinski definition) is 1. The van der Waals surface area contributed by atoms with E-state index < -0.39 is 0 Å². The van der Waals surface area contributed by atoms with Crippen molar-refractivity contribution in [1.82, 2.24) is 3.97 Å². The summed E-state index contributed by atoms with van der Waals surface area (Å²) in [7, 11) is 0. The molecule has 1 heterocycles. The Bertz CT molecular complexity index is 905. The van der Waals surface area contributed by atoms with E-state index in [0.29, 0.717) is 0 Å². The maximum Gasteiger partial charge on any atom is 0.0682 e. The Morgan fingerprint density at radius 2 is 1.47 bits per heavy atom. The molecule has 0 N–H and O–H groups in total. The highest BCUT2D eigenvalue weighted by Gasteiger charge is 2.11. The van der Waals surface area contributed by atoms with E-state index in [1.165, 1.54) is 32.6 Å². The highest BCUT2D eigenvalue weighted by molar-refractivity contribution is 7.97. The Labute approximate surface area is 116 Å². The summed E-state index contributed by atoms with van der Waals surface area (Å²) in [4.78, 5) is 0. The molecule has 0 unspecified atom stereocenters. The van der Waals surface area contributed by atoms with Crippen LogP contribution in [0.25, 0.3) is 32.6 Å². The van der Waals surface area contributed by atoms with Crippen molar-refractivity contribution < 1.29 is 0 Å². The minimum Gasteiger partial charge on any atom is -0.283 e. The third kappa shape index (κ3) is 1.44. The molecule has 1 aromatic heterocycles. The van der Waals surface area contributed by atoms with Crippen molar-refractivity contribution in [2.45, 2.75) is 0 Å². The second-order valence-electron chi connectivity index (χ2n) is 4.68. The summed E-state index contributed by atoms with van der Waals surface area (Å²) in [6.45, 7) is 0. The van der Waals surface area contributed by atoms with E-state index in [9.17, 15) is 0 Å². The van der Waals surface area contributed by atoms with Crippen LogP contribution >= 0.6 is 11.9 Å². The fourth-order valence-corrected chi connectivity index (χ4v) is 3.62. The molecule has 0 aliphatic carbocycles. The van der Waals surface area contributed by atoms with Gasteiger partial charge in [0, 0.05) is 22.4 Å². The predicted octanol–water partition coefficient (Wildman–Crippen LogP) is 5.07. The maximum absolute atomic E-state index is 2.34. The van der Waals surface area contributed by atoms with Crippen molar-refractivity contribution in [1.29, 1.82) is 0 Å². The Morgan fingerprint density at radius 3 is 2.32 bits per heavy atom. The van der Waals surface area contributed by atoms with Crippen molar-refractivity contribution in [3.63, 3.8) is 0 Å². The van der Waals surface area contributed by atoms with Gasteiger partial charge in [-0.15, -0.1) is 0 Å². The third-order valence-corrected chi connectivity index (χ3v) is 4.44. The van der Waals surface area contributed by atoms with E-state index in [4.69, 9.17) is 0 Å². The fourth-order valence-electron chi connectivity index (χ4n) is 2.88. The number of nitrogens with zero attached hydrogens (tertiary/aromatic N) is 1. The summed E-state index contributed by atoms with van der Waals surface area (Å²) in [6.07, 6.45) is 2.13. The molecule has 19 heavy (non-hydrogen) atoms. The molecule has 92 valence electrons. The van der Waals surface area contributed by atoms with Crippen LogP contribution in [0.4, 0.5) is 0 Å². The lowest BCUT2D eigenvalue weighted by atomic mass is 10.1. The van der Waals surface area contributed by atoms with E-state index in [1.54, 1.807) is 11.9 Å². The molecule has 3 aromatic carbocycles. The van der Waals surface area contributed by atoms with Gasteiger partial charge in [-0.1, -0.05) is 54.6 Å². The minimum atomic E-state index is 1.29. The molecule has 2 heteroatoms. The molecule has 0 amide bonds. The van der Waals surface area contributed by atoms with Crippen molar-refractivity contribution >= 4 is 44.5 Å². The summed E-state index contributed by atoms with van der Waals surface area (Å²) in [5.41, 5.74) is 2.62. The van der Waals surface area contributed by atoms with Crippen molar-refractivity contribution in [3.05, 3.63) is 60.7 Å². The van der Waals surface area contributed by atoms with E-state index in [2.05, 4.69) is 70.9 Å². The van der Waals surface area contributed by atoms with Gasteiger partial charge in [0.2, 0.25) is 0 Å². The van der Waals surface area contributed by atoms with Gasteiger partial charge in [-0.3, -0.25) is 3.97 Å². The first kappa shape index (κ1) is 10.9. The number of fused-ring (bicyclic) bond motifs is 5. The third-order valence-electron chi connectivity index (χ3n) is 3.70. The molecule has 4 aromatic rings. The molecule has 0 saturated heterocycles. The van der Waals surface area contributed by atoms with E-state index in [0.717, 1.165) is 0 Å². The first-order valence-corrected chi connectivity index (χ1v) is 7.54. The molecule has 0 saturated carbocycles. The lowest BCUT2D eigenvalue weighted by molar-refractivity contribution is 1.44. The lowest BCUT2D eigenvalue weighted by Gasteiger charge is -2.05. The highest BCUT2D eigenvalue weighted by Crippen LogP contribution is 2.35. The summed E-state index contributed by atoms with van der Waals surface area (Å²) < 4.78 is 2.34. The Morgan fingerprint density at radius 1 is 0.737 bits per heavy atom. The van der Waals surface area contributed by atoms with E-state index >= 15 is 0 Å². The zero-order valence-corrected chi connectivity index (χ0v) is 11.4. The quantitative estimate of drug-likeness (QED) is 0.464. The zero-order chi connectivity index (χ0) is 12.8. The van der Waals surface area contributed by atoms with Gasteiger partial charge in [0.25, 0.3) is 0 Å². The molecular formula is C17H13NS. The van der Waals surface area contributed by atoms with Crippen LogP contribution in [0.15, 0.2) is 60.7 Å². The molecule has 0 bridgehead atoms. The Balaban J connectivity index is 2.37. The van der Waals surface area contributed by atoms with Crippen LogP contribution in [0.1, 0.15) is 0 Å². The average molecular weight is 263 g/mol. The molecule has 0 fully saturated rings. The van der Waals surface area contributed by atoms with Crippen LogP contribution in [0.5, 0.6) is 0 Å². The van der Waals surface area contributed by atoms with Gasteiger partial charge in [0.1, 0.15) is 0 Å². The molecule has 0 atom stereocenters. The summed E-state index contributed by atoms with van der Waals surface area (Å²) in [5.74, 6) is 0. The Hall–Kier alpha value is -1.93. The highest BCUT2D eigenvalue weighted by atomic mass is 32.2. The summed E-state index contributed by atoms with van der Waals surface area (Å²) >= 11 is 1.77. The van der Waals surface area contributed by atoms with Gasteiger partial charge < -0.3 is 0 Å². The molecular weight excluding hydrogens is 250 g/mol. The van der Waals surface area contributed by atoms with Gasteiger partial charge in [-0.05, 0) is 23.4 Å². The number of benzene rings is 3. The number of hydrogen-bond donors (Lipinski definition) is 0.